The first-order valence-electron chi connectivity index (χ1n) is 10.2. The minimum absolute atomic E-state index is 0.0534. The molecule has 27 heavy (non-hydrogen) atoms. The average molecular weight is 367 g/mol. The van der Waals surface area contributed by atoms with Gasteiger partial charge in [-0.15, -0.1) is 0 Å². The predicted octanol–water partition coefficient (Wildman–Crippen LogP) is 2.73. The molecule has 1 atom stereocenters. The fourth-order valence-electron chi connectivity index (χ4n) is 4.43. The van der Waals surface area contributed by atoms with Crippen LogP contribution in [0.4, 0.5) is 0 Å². The molecule has 0 bridgehead atoms. The van der Waals surface area contributed by atoms with Gasteiger partial charge in [0, 0.05) is 38.8 Å². The van der Waals surface area contributed by atoms with Gasteiger partial charge in [0.05, 0.1) is 6.61 Å². The fourth-order valence-corrected chi connectivity index (χ4v) is 4.43. The molecule has 1 aliphatic heterocycles. The van der Waals surface area contributed by atoms with Crippen LogP contribution in [-0.2, 0) is 19.4 Å². The Kier molecular flexibility index (Phi) is 6.07. The van der Waals surface area contributed by atoms with E-state index in [0.29, 0.717) is 12.6 Å². The zero-order chi connectivity index (χ0) is 18.5. The topological polar surface area (TPSA) is 35.9 Å². The van der Waals surface area contributed by atoms with Gasteiger partial charge in [-0.3, -0.25) is 9.80 Å². The molecule has 0 amide bonds. The van der Waals surface area contributed by atoms with Crippen molar-refractivity contribution in [3.63, 3.8) is 0 Å². The third kappa shape index (κ3) is 4.70. The number of aliphatic hydroxyl groups is 1. The summed E-state index contributed by atoms with van der Waals surface area (Å²) in [7, 11) is 0. The van der Waals surface area contributed by atoms with Crippen molar-refractivity contribution >= 4 is 0 Å². The second kappa shape index (κ2) is 8.87. The summed E-state index contributed by atoms with van der Waals surface area (Å²) < 4.78 is 5.53. The molecule has 144 valence electrons. The summed E-state index contributed by atoms with van der Waals surface area (Å²) in [4.78, 5) is 5.24. The molecule has 4 rings (SSSR count). The third-order valence-corrected chi connectivity index (χ3v) is 5.91. The zero-order valence-corrected chi connectivity index (χ0v) is 16.0. The number of piperazine rings is 1. The van der Waals surface area contributed by atoms with E-state index >= 15 is 0 Å². The van der Waals surface area contributed by atoms with Gasteiger partial charge < -0.3 is 9.84 Å². The van der Waals surface area contributed by atoms with E-state index < -0.39 is 0 Å². The fraction of sp³-hybridized carbons (Fsp3) is 0.478. The molecule has 1 heterocycles. The number of hydrogen-bond acceptors (Lipinski definition) is 4. The van der Waals surface area contributed by atoms with Crippen LogP contribution in [0, 0.1) is 0 Å². The maximum absolute atomic E-state index is 8.91. The van der Waals surface area contributed by atoms with Crippen LogP contribution in [0.25, 0.3) is 0 Å². The third-order valence-electron chi connectivity index (χ3n) is 5.91. The molecule has 2 aromatic carbocycles. The number of aryl methyl sites for hydroxylation is 1. The number of benzene rings is 2. The molecule has 1 saturated heterocycles. The highest BCUT2D eigenvalue weighted by Gasteiger charge is 2.27. The Balaban J connectivity index is 1.28. The lowest BCUT2D eigenvalue weighted by Crippen LogP contribution is -2.51. The maximum atomic E-state index is 8.91. The Labute approximate surface area is 162 Å². The second-order valence-corrected chi connectivity index (χ2v) is 7.70. The van der Waals surface area contributed by atoms with Crippen LogP contribution in [0.5, 0.6) is 5.75 Å². The van der Waals surface area contributed by atoms with E-state index in [-0.39, 0.29) is 6.61 Å². The van der Waals surface area contributed by atoms with Crippen LogP contribution < -0.4 is 4.74 Å². The zero-order valence-electron chi connectivity index (χ0n) is 16.0. The van der Waals surface area contributed by atoms with Gasteiger partial charge in [0.2, 0.25) is 0 Å². The smallest absolute Gasteiger partial charge is 0.119 e. The highest BCUT2D eigenvalue weighted by atomic mass is 16.5. The van der Waals surface area contributed by atoms with Gasteiger partial charge in [-0.25, -0.2) is 0 Å². The Bertz CT molecular complexity index is 741. The molecule has 0 radical (unpaired) electrons. The molecule has 4 heteroatoms. The van der Waals surface area contributed by atoms with E-state index in [2.05, 4.69) is 46.2 Å². The quantitative estimate of drug-likeness (QED) is 0.853. The van der Waals surface area contributed by atoms with Crippen LogP contribution in [-0.4, -0.2) is 60.3 Å². The van der Waals surface area contributed by atoms with Crippen molar-refractivity contribution in [3.05, 3.63) is 65.2 Å². The van der Waals surface area contributed by atoms with Crippen molar-refractivity contribution in [1.29, 1.82) is 0 Å². The summed E-state index contributed by atoms with van der Waals surface area (Å²) in [5.41, 5.74) is 4.39. The largest absolute Gasteiger partial charge is 0.491 e. The Morgan fingerprint density at radius 3 is 2.59 bits per heavy atom. The van der Waals surface area contributed by atoms with E-state index in [1.165, 1.54) is 24.8 Å². The van der Waals surface area contributed by atoms with Crippen molar-refractivity contribution < 1.29 is 9.84 Å². The summed E-state index contributed by atoms with van der Waals surface area (Å²) in [6.07, 6.45) is 3.73. The summed E-state index contributed by atoms with van der Waals surface area (Å²) >= 11 is 0. The van der Waals surface area contributed by atoms with Crippen LogP contribution in [0.15, 0.2) is 48.5 Å². The van der Waals surface area contributed by atoms with Gasteiger partial charge >= 0.3 is 0 Å². The second-order valence-electron chi connectivity index (χ2n) is 7.70. The normalized spacial score (nSPS) is 21.0. The lowest BCUT2D eigenvalue weighted by molar-refractivity contribution is 0.0856. The Morgan fingerprint density at radius 1 is 0.963 bits per heavy atom. The van der Waals surface area contributed by atoms with E-state index in [9.17, 15) is 0 Å². The minimum atomic E-state index is 0.0534. The van der Waals surface area contributed by atoms with Gasteiger partial charge in [0.15, 0.2) is 0 Å². The molecule has 0 saturated carbocycles. The summed E-state index contributed by atoms with van der Waals surface area (Å²) in [5.74, 6) is 0.848. The molecule has 2 aromatic rings. The van der Waals surface area contributed by atoms with Crippen molar-refractivity contribution in [1.82, 2.24) is 9.80 Å². The van der Waals surface area contributed by atoms with E-state index in [0.717, 1.165) is 38.5 Å². The van der Waals surface area contributed by atoms with Gasteiger partial charge in [-0.2, -0.15) is 0 Å². The number of hydrogen-bond donors (Lipinski definition) is 1. The molecule has 4 nitrogen and oxygen atoms in total. The molecular weight excluding hydrogens is 336 g/mol. The number of rotatable bonds is 6. The number of aliphatic hydroxyl groups excluding tert-OH is 1. The number of nitrogens with zero attached hydrogens (tertiary/aromatic N) is 2. The van der Waals surface area contributed by atoms with Crippen molar-refractivity contribution in [2.75, 3.05) is 39.4 Å². The van der Waals surface area contributed by atoms with Crippen LogP contribution >= 0.6 is 0 Å². The van der Waals surface area contributed by atoms with Crippen LogP contribution in [0.3, 0.4) is 0 Å². The molecule has 0 unspecified atom stereocenters. The molecular formula is C23H30N2O2. The molecule has 0 spiro atoms. The predicted molar refractivity (Wildman–Crippen MR) is 108 cm³/mol. The van der Waals surface area contributed by atoms with E-state index in [1.807, 2.05) is 12.1 Å². The lowest BCUT2D eigenvalue weighted by Gasteiger charge is -2.41. The monoisotopic (exact) mass is 366 g/mol. The summed E-state index contributed by atoms with van der Waals surface area (Å²) in [6, 6.07) is 17.9. The highest BCUT2D eigenvalue weighted by Crippen LogP contribution is 2.25. The first-order valence-corrected chi connectivity index (χ1v) is 10.2. The van der Waals surface area contributed by atoms with Crippen molar-refractivity contribution in [2.45, 2.75) is 31.8 Å². The molecule has 1 aliphatic carbocycles. The maximum Gasteiger partial charge on any atom is 0.119 e. The minimum Gasteiger partial charge on any atom is -0.491 e. The average Bonchev–Trinajstić information content (AvgIpc) is 2.73. The summed E-state index contributed by atoms with van der Waals surface area (Å²) in [6.45, 7) is 5.95. The van der Waals surface area contributed by atoms with Gasteiger partial charge in [-0.1, -0.05) is 36.4 Å². The SMILES string of the molecule is OCCOc1cccc(CN2CCN([C@H]3CCc4ccccc4C3)CC2)c1. The van der Waals surface area contributed by atoms with Gasteiger partial charge in [0.1, 0.15) is 12.4 Å². The standard InChI is InChI=1S/C23H30N2O2/c26-14-15-27-23-7-3-4-19(16-23)18-24-10-12-25(13-11-24)22-9-8-20-5-1-2-6-21(20)17-22/h1-7,16,22,26H,8-15,17-18H2/t22-/m0/s1. The molecule has 1 fully saturated rings. The first kappa shape index (κ1) is 18.5. The Hall–Kier alpha value is -1.88. The Morgan fingerprint density at radius 2 is 1.78 bits per heavy atom. The van der Waals surface area contributed by atoms with E-state index in [4.69, 9.17) is 9.84 Å². The van der Waals surface area contributed by atoms with E-state index in [1.54, 1.807) is 11.1 Å². The van der Waals surface area contributed by atoms with Crippen molar-refractivity contribution in [3.8, 4) is 5.75 Å². The van der Waals surface area contributed by atoms with Gasteiger partial charge in [-0.05, 0) is 48.1 Å². The first-order chi connectivity index (χ1) is 13.3. The van der Waals surface area contributed by atoms with Crippen LogP contribution in [0.2, 0.25) is 0 Å². The van der Waals surface area contributed by atoms with Gasteiger partial charge in [0.25, 0.3) is 0 Å². The molecule has 1 N–H and O–H groups in total. The lowest BCUT2D eigenvalue weighted by atomic mass is 9.87. The van der Waals surface area contributed by atoms with Crippen molar-refractivity contribution in [2.24, 2.45) is 0 Å². The number of ether oxygens (including phenoxy) is 1. The summed E-state index contributed by atoms with van der Waals surface area (Å²) in [5, 5.41) is 8.91. The van der Waals surface area contributed by atoms with Crippen LogP contribution in [0.1, 0.15) is 23.1 Å². The molecule has 0 aromatic heterocycles. The number of fused-ring (bicyclic) bond motifs is 1. The molecule has 2 aliphatic rings. The highest BCUT2D eigenvalue weighted by molar-refractivity contribution is 5.30.